The zero-order valence-electron chi connectivity index (χ0n) is 16.2. The van der Waals surface area contributed by atoms with Gasteiger partial charge in [-0.3, -0.25) is 9.10 Å². The molecule has 1 aliphatic rings. The number of carbonyl (C=O) groups excluding carboxylic acids is 1. The predicted molar refractivity (Wildman–Crippen MR) is 113 cm³/mol. The number of hydrogen-bond acceptors (Lipinski definition) is 4. The lowest BCUT2D eigenvalue weighted by molar-refractivity contribution is -0.133. The largest absolute Gasteiger partial charge is 0.391 e. The highest BCUT2D eigenvalue weighted by Gasteiger charge is 2.33. The van der Waals surface area contributed by atoms with E-state index in [0.29, 0.717) is 23.6 Å². The van der Waals surface area contributed by atoms with Crippen LogP contribution in [0.15, 0.2) is 59.5 Å². The number of hydrogen-bond donors (Lipinski definition) is 1. The molecule has 6 nitrogen and oxygen atoms in total. The Morgan fingerprint density at radius 3 is 2.31 bits per heavy atom. The van der Waals surface area contributed by atoms with Crippen molar-refractivity contribution in [3.05, 3.63) is 59.6 Å². The van der Waals surface area contributed by atoms with Crippen LogP contribution in [-0.4, -0.2) is 50.1 Å². The van der Waals surface area contributed by atoms with Gasteiger partial charge in [0.2, 0.25) is 5.91 Å². The summed E-state index contributed by atoms with van der Waals surface area (Å²) in [6.07, 6.45) is 2.63. The fourth-order valence-corrected chi connectivity index (χ4v) is 5.15. The Kier molecular flexibility index (Phi) is 6.82. The number of nitrogens with zero attached hydrogens (tertiary/aromatic N) is 2. The molecule has 0 spiro atoms. The first-order valence-corrected chi connectivity index (χ1v) is 11.4. The zero-order valence-corrected chi connectivity index (χ0v) is 17.8. The molecule has 0 saturated heterocycles. The average molecular weight is 437 g/mol. The molecule has 2 unspecified atom stereocenters. The number of likely N-dealkylation sites (N-methyl/N-ethyl adjacent to an activating group) is 1. The molecule has 1 amide bonds. The quantitative estimate of drug-likeness (QED) is 0.753. The van der Waals surface area contributed by atoms with Crippen LogP contribution in [-0.2, 0) is 14.8 Å². The standard InChI is InChI=1S/C21H25ClN2O4S/c1-23(19-9-5-6-10-20(19)25)21(26)15-24(17-7-3-2-4-8-17)29(27,28)18-13-11-16(22)12-14-18/h2-4,7-8,11-14,19-20,25H,5-6,9-10,15H2,1H3. The van der Waals surface area contributed by atoms with E-state index in [1.54, 1.807) is 37.4 Å². The van der Waals surface area contributed by atoms with Crippen molar-refractivity contribution in [3.8, 4) is 0 Å². The highest BCUT2D eigenvalue weighted by molar-refractivity contribution is 7.92. The molecule has 156 valence electrons. The van der Waals surface area contributed by atoms with E-state index in [4.69, 9.17) is 11.6 Å². The zero-order chi connectivity index (χ0) is 21.0. The van der Waals surface area contributed by atoms with Crippen LogP contribution in [0.4, 0.5) is 5.69 Å². The van der Waals surface area contributed by atoms with E-state index in [1.165, 1.54) is 29.2 Å². The van der Waals surface area contributed by atoms with Crippen molar-refractivity contribution in [3.63, 3.8) is 0 Å². The molecule has 0 aromatic heterocycles. The van der Waals surface area contributed by atoms with E-state index in [-0.39, 0.29) is 23.4 Å². The van der Waals surface area contributed by atoms with E-state index in [0.717, 1.165) is 17.1 Å². The molecule has 2 aromatic rings. The van der Waals surface area contributed by atoms with Gasteiger partial charge in [0.1, 0.15) is 6.54 Å². The normalized spacial score (nSPS) is 19.6. The topological polar surface area (TPSA) is 77.9 Å². The highest BCUT2D eigenvalue weighted by atomic mass is 35.5. The molecule has 2 atom stereocenters. The third-order valence-electron chi connectivity index (χ3n) is 5.31. The molecular weight excluding hydrogens is 412 g/mol. The molecule has 2 aromatic carbocycles. The number of aliphatic hydroxyl groups is 1. The minimum Gasteiger partial charge on any atom is -0.391 e. The van der Waals surface area contributed by atoms with Crippen LogP contribution in [0.3, 0.4) is 0 Å². The molecule has 0 heterocycles. The lowest BCUT2D eigenvalue weighted by atomic mass is 9.91. The molecule has 0 radical (unpaired) electrons. The van der Waals surface area contributed by atoms with Gasteiger partial charge in [0.05, 0.1) is 22.7 Å². The Hall–Kier alpha value is -2.09. The van der Waals surface area contributed by atoms with Crippen LogP contribution in [0.1, 0.15) is 25.7 Å². The van der Waals surface area contributed by atoms with Gasteiger partial charge in [-0.25, -0.2) is 8.42 Å². The summed E-state index contributed by atoms with van der Waals surface area (Å²) in [4.78, 5) is 14.5. The van der Waals surface area contributed by atoms with Gasteiger partial charge in [-0.05, 0) is 49.2 Å². The molecule has 1 N–H and O–H groups in total. The minimum absolute atomic E-state index is 0.0545. The summed E-state index contributed by atoms with van der Waals surface area (Å²) in [5.41, 5.74) is 0.397. The summed E-state index contributed by atoms with van der Waals surface area (Å²) in [7, 11) is -2.35. The molecule has 8 heteroatoms. The van der Waals surface area contributed by atoms with Gasteiger partial charge in [0.25, 0.3) is 10.0 Å². The number of amides is 1. The number of sulfonamides is 1. The average Bonchev–Trinajstić information content (AvgIpc) is 2.72. The fraction of sp³-hybridized carbons (Fsp3) is 0.381. The number of halogens is 1. The van der Waals surface area contributed by atoms with Crippen LogP contribution in [0, 0.1) is 0 Å². The number of para-hydroxylation sites is 1. The number of benzene rings is 2. The lowest BCUT2D eigenvalue weighted by Gasteiger charge is -2.36. The molecule has 1 fully saturated rings. The minimum atomic E-state index is -3.98. The summed E-state index contributed by atoms with van der Waals surface area (Å²) in [6.45, 7) is -0.352. The third kappa shape index (κ3) is 4.91. The Bertz CT molecular complexity index is 935. The highest BCUT2D eigenvalue weighted by Crippen LogP contribution is 2.26. The van der Waals surface area contributed by atoms with Gasteiger partial charge in [-0.15, -0.1) is 0 Å². The molecule has 0 aliphatic heterocycles. The second kappa shape index (κ2) is 9.15. The molecule has 1 saturated carbocycles. The smallest absolute Gasteiger partial charge is 0.264 e. The Morgan fingerprint density at radius 2 is 1.69 bits per heavy atom. The summed E-state index contributed by atoms with van der Waals surface area (Å²) in [6, 6.07) is 14.1. The molecule has 3 rings (SSSR count). The molecular formula is C21H25ClN2O4S. The summed E-state index contributed by atoms with van der Waals surface area (Å²) >= 11 is 5.89. The number of carbonyl (C=O) groups is 1. The van der Waals surface area contributed by atoms with Crippen LogP contribution in [0.2, 0.25) is 5.02 Å². The predicted octanol–water partition coefficient (Wildman–Crippen LogP) is 3.30. The van der Waals surface area contributed by atoms with Crippen molar-refractivity contribution < 1.29 is 18.3 Å². The second-order valence-corrected chi connectivity index (χ2v) is 9.52. The van der Waals surface area contributed by atoms with E-state index in [1.807, 2.05) is 0 Å². The molecule has 1 aliphatic carbocycles. The Morgan fingerprint density at radius 1 is 1.07 bits per heavy atom. The second-order valence-electron chi connectivity index (χ2n) is 7.22. The number of aliphatic hydroxyl groups excluding tert-OH is 1. The van der Waals surface area contributed by atoms with Gasteiger partial charge >= 0.3 is 0 Å². The Balaban J connectivity index is 1.90. The van der Waals surface area contributed by atoms with Crippen LogP contribution in [0.25, 0.3) is 0 Å². The van der Waals surface area contributed by atoms with E-state index >= 15 is 0 Å². The van der Waals surface area contributed by atoms with Crippen molar-refractivity contribution in [2.45, 2.75) is 42.7 Å². The van der Waals surface area contributed by atoms with Crippen molar-refractivity contribution in [1.29, 1.82) is 0 Å². The molecule has 29 heavy (non-hydrogen) atoms. The van der Waals surface area contributed by atoms with Crippen molar-refractivity contribution in [2.24, 2.45) is 0 Å². The SMILES string of the molecule is CN(C(=O)CN(c1ccccc1)S(=O)(=O)c1ccc(Cl)cc1)C1CCCCC1O. The van der Waals surface area contributed by atoms with Gasteiger partial charge in [-0.1, -0.05) is 42.6 Å². The van der Waals surface area contributed by atoms with E-state index in [2.05, 4.69) is 0 Å². The van der Waals surface area contributed by atoms with Gasteiger partial charge < -0.3 is 10.0 Å². The van der Waals surface area contributed by atoms with Crippen LogP contribution in [0.5, 0.6) is 0 Å². The van der Waals surface area contributed by atoms with E-state index in [9.17, 15) is 18.3 Å². The van der Waals surface area contributed by atoms with Gasteiger partial charge in [0.15, 0.2) is 0 Å². The maximum atomic E-state index is 13.3. The number of anilines is 1. The maximum Gasteiger partial charge on any atom is 0.264 e. The van der Waals surface area contributed by atoms with Crippen molar-refractivity contribution in [2.75, 3.05) is 17.9 Å². The van der Waals surface area contributed by atoms with Crippen molar-refractivity contribution >= 4 is 33.2 Å². The van der Waals surface area contributed by atoms with E-state index < -0.39 is 16.1 Å². The maximum absolute atomic E-state index is 13.3. The fourth-order valence-electron chi connectivity index (χ4n) is 3.61. The van der Waals surface area contributed by atoms with Crippen LogP contribution >= 0.6 is 11.6 Å². The molecule has 0 bridgehead atoms. The lowest BCUT2D eigenvalue weighted by Crippen LogP contribution is -2.50. The summed E-state index contributed by atoms with van der Waals surface area (Å²) < 4.78 is 27.7. The monoisotopic (exact) mass is 436 g/mol. The first kappa shape index (κ1) is 21.6. The van der Waals surface area contributed by atoms with Gasteiger partial charge in [0, 0.05) is 12.1 Å². The first-order chi connectivity index (χ1) is 13.8. The van der Waals surface area contributed by atoms with Crippen molar-refractivity contribution in [1.82, 2.24) is 4.90 Å². The summed E-state index contributed by atoms with van der Waals surface area (Å²) in [5, 5.41) is 10.7. The number of rotatable bonds is 6. The summed E-state index contributed by atoms with van der Waals surface area (Å²) in [5.74, 6) is -0.364. The van der Waals surface area contributed by atoms with Crippen LogP contribution < -0.4 is 4.31 Å². The van der Waals surface area contributed by atoms with Gasteiger partial charge in [-0.2, -0.15) is 0 Å². The first-order valence-electron chi connectivity index (χ1n) is 9.58. The third-order valence-corrected chi connectivity index (χ3v) is 7.35. The Labute approximate surface area is 176 Å².